The second kappa shape index (κ2) is 6.82. The number of hydrogen-bond acceptors (Lipinski definition) is 5. The average Bonchev–Trinajstić information content (AvgIpc) is 3.03. The number of anilines is 1. The number of carboxylic acid groups (broad SMARTS) is 1. The van der Waals surface area contributed by atoms with Gasteiger partial charge in [0.15, 0.2) is 17.2 Å². The molecule has 122 valence electrons. The Labute approximate surface area is 132 Å². The molecule has 8 nitrogen and oxygen atoms in total. The first kappa shape index (κ1) is 16.3. The van der Waals surface area contributed by atoms with Crippen molar-refractivity contribution in [3.63, 3.8) is 0 Å². The Morgan fingerprint density at radius 2 is 2.00 bits per heavy atom. The Kier molecular flexibility index (Phi) is 4.85. The quantitative estimate of drug-likeness (QED) is 0.750. The zero-order valence-corrected chi connectivity index (χ0v) is 13.0. The molecule has 0 aliphatic rings. The van der Waals surface area contributed by atoms with E-state index in [9.17, 15) is 9.59 Å². The Bertz CT molecular complexity index is 739. The number of aromatic nitrogens is 2. The topological polar surface area (TPSA) is 114 Å². The SMILES string of the molecule is CCc1cc(C(=O)Nc2cc(C(=O)O)cc(OC)c2OC)n[nH]1. The number of aromatic amines is 1. The molecule has 0 radical (unpaired) electrons. The van der Waals surface area contributed by atoms with Gasteiger partial charge in [-0.2, -0.15) is 5.10 Å². The van der Waals surface area contributed by atoms with Crippen LogP contribution in [-0.4, -0.2) is 41.4 Å². The molecule has 1 heterocycles. The summed E-state index contributed by atoms with van der Waals surface area (Å²) in [6, 6.07) is 4.25. The number of hydrogen-bond donors (Lipinski definition) is 3. The van der Waals surface area contributed by atoms with Gasteiger partial charge in [-0.25, -0.2) is 4.79 Å². The van der Waals surface area contributed by atoms with Gasteiger partial charge >= 0.3 is 5.97 Å². The molecule has 23 heavy (non-hydrogen) atoms. The predicted octanol–water partition coefficient (Wildman–Crippen LogP) is 1.94. The molecule has 8 heteroatoms. The maximum atomic E-state index is 12.3. The van der Waals surface area contributed by atoms with Crippen molar-refractivity contribution in [3.05, 3.63) is 35.2 Å². The molecule has 0 aliphatic carbocycles. The molecular weight excluding hydrogens is 302 g/mol. The highest BCUT2D eigenvalue weighted by atomic mass is 16.5. The first-order valence-corrected chi connectivity index (χ1v) is 6.85. The molecule has 1 aromatic heterocycles. The first-order valence-electron chi connectivity index (χ1n) is 6.85. The van der Waals surface area contributed by atoms with Crippen LogP contribution in [0.5, 0.6) is 11.5 Å². The van der Waals surface area contributed by atoms with E-state index in [-0.39, 0.29) is 28.4 Å². The number of H-pyrrole nitrogens is 1. The number of carbonyl (C=O) groups is 2. The van der Waals surface area contributed by atoms with Gasteiger partial charge in [-0.3, -0.25) is 9.89 Å². The van der Waals surface area contributed by atoms with E-state index < -0.39 is 11.9 Å². The zero-order valence-electron chi connectivity index (χ0n) is 13.0. The fourth-order valence-electron chi connectivity index (χ4n) is 2.03. The lowest BCUT2D eigenvalue weighted by Crippen LogP contribution is -2.14. The molecule has 0 saturated carbocycles. The molecule has 1 aromatic carbocycles. The standard InChI is InChI=1S/C15H17N3O5/c1-4-9-7-11(18-17-9)14(19)16-10-5-8(15(20)21)6-12(22-2)13(10)23-3/h5-7H,4H2,1-3H3,(H,16,19)(H,17,18)(H,20,21). The van der Waals surface area contributed by atoms with Gasteiger partial charge in [-0.1, -0.05) is 6.92 Å². The number of nitrogens with zero attached hydrogens (tertiary/aromatic N) is 1. The van der Waals surface area contributed by atoms with Gasteiger partial charge in [0.25, 0.3) is 5.91 Å². The van der Waals surface area contributed by atoms with Crippen LogP contribution in [0.25, 0.3) is 0 Å². The number of aryl methyl sites for hydroxylation is 1. The highest BCUT2D eigenvalue weighted by molar-refractivity contribution is 6.05. The van der Waals surface area contributed by atoms with Gasteiger partial charge in [0.05, 0.1) is 25.5 Å². The van der Waals surface area contributed by atoms with Crippen LogP contribution in [0.15, 0.2) is 18.2 Å². The lowest BCUT2D eigenvalue weighted by Gasteiger charge is -2.14. The van der Waals surface area contributed by atoms with E-state index in [1.54, 1.807) is 6.07 Å². The van der Waals surface area contributed by atoms with Crippen LogP contribution in [0.2, 0.25) is 0 Å². The number of carbonyl (C=O) groups excluding carboxylic acids is 1. The van der Waals surface area contributed by atoms with Gasteiger partial charge in [0.2, 0.25) is 0 Å². The Morgan fingerprint density at radius 3 is 2.52 bits per heavy atom. The van der Waals surface area contributed by atoms with Crippen molar-refractivity contribution >= 4 is 17.6 Å². The monoisotopic (exact) mass is 319 g/mol. The lowest BCUT2D eigenvalue weighted by molar-refractivity contribution is 0.0696. The third-order valence-corrected chi connectivity index (χ3v) is 3.22. The minimum Gasteiger partial charge on any atom is -0.493 e. The van der Waals surface area contributed by atoms with E-state index >= 15 is 0 Å². The summed E-state index contributed by atoms with van der Waals surface area (Å²) in [5.74, 6) is -1.19. The first-order chi connectivity index (χ1) is 11.0. The fraction of sp³-hybridized carbons (Fsp3) is 0.267. The summed E-state index contributed by atoms with van der Waals surface area (Å²) < 4.78 is 10.3. The largest absolute Gasteiger partial charge is 0.493 e. The van der Waals surface area contributed by atoms with Gasteiger partial charge in [0, 0.05) is 5.69 Å². The maximum Gasteiger partial charge on any atom is 0.335 e. The number of nitrogens with one attached hydrogen (secondary N) is 2. The zero-order chi connectivity index (χ0) is 17.0. The Balaban J connectivity index is 2.38. The number of amides is 1. The van der Waals surface area contributed by atoms with Crippen molar-refractivity contribution in [2.24, 2.45) is 0 Å². The predicted molar refractivity (Wildman–Crippen MR) is 82.4 cm³/mol. The molecule has 2 rings (SSSR count). The van der Waals surface area contributed by atoms with E-state index in [0.29, 0.717) is 6.42 Å². The van der Waals surface area contributed by atoms with Gasteiger partial charge in [-0.05, 0) is 24.6 Å². The summed E-state index contributed by atoms with van der Waals surface area (Å²) in [6.07, 6.45) is 0.714. The summed E-state index contributed by atoms with van der Waals surface area (Å²) in [5.41, 5.74) is 1.17. The van der Waals surface area contributed by atoms with Gasteiger partial charge in [-0.15, -0.1) is 0 Å². The summed E-state index contributed by atoms with van der Waals surface area (Å²) in [5, 5.41) is 18.4. The molecule has 2 aromatic rings. The van der Waals surface area contributed by atoms with E-state index in [0.717, 1.165) is 5.69 Å². The number of aromatic carboxylic acids is 1. The normalized spacial score (nSPS) is 10.2. The lowest BCUT2D eigenvalue weighted by atomic mass is 10.1. The van der Waals surface area contributed by atoms with Crippen molar-refractivity contribution in [2.75, 3.05) is 19.5 Å². The van der Waals surface area contributed by atoms with Crippen molar-refractivity contribution in [2.45, 2.75) is 13.3 Å². The average molecular weight is 319 g/mol. The highest BCUT2D eigenvalue weighted by Crippen LogP contribution is 2.36. The van der Waals surface area contributed by atoms with Gasteiger partial charge in [0.1, 0.15) is 0 Å². The maximum absolute atomic E-state index is 12.3. The van der Waals surface area contributed by atoms with E-state index in [4.69, 9.17) is 14.6 Å². The minimum absolute atomic E-state index is 0.0331. The molecule has 3 N–H and O–H groups in total. The molecule has 0 saturated heterocycles. The number of ether oxygens (including phenoxy) is 2. The van der Waals surface area contributed by atoms with Crippen molar-refractivity contribution in [3.8, 4) is 11.5 Å². The van der Waals surface area contributed by atoms with Crippen LogP contribution in [0.4, 0.5) is 5.69 Å². The third kappa shape index (κ3) is 3.42. The number of carboxylic acids is 1. The minimum atomic E-state index is -1.14. The smallest absolute Gasteiger partial charge is 0.335 e. The van der Waals surface area contributed by atoms with Crippen LogP contribution in [0.1, 0.15) is 33.5 Å². The number of benzene rings is 1. The number of rotatable bonds is 6. The molecule has 1 amide bonds. The van der Waals surface area contributed by atoms with E-state index in [2.05, 4.69) is 15.5 Å². The number of methoxy groups -OCH3 is 2. The van der Waals surface area contributed by atoms with E-state index in [1.165, 1.54) is 26.4 Å². The molecule has 0 fully saturated rings. The summed E-state index contributed by atoms with van der Waals surface area (Å²) in [4.78, 5) is 23.4. The highest BCUT2D eigenvalue weighted by Gasteiger charge is 2.19. The van der Waals surface area contributed by atoms with Crippen molar-refractivity contribution in [1.29, 1.82) is 0 Å². The summed E-state index contributed by atoms with van der Waals surface area (Å²) in [6.45, 7) is 1.93. The second-order valence-electron chi connectivity index (χ2n) is 4.65. The molecule has 0 aliphatic heterocycles. The Morgan fingerprint density at radius 1 is 1.26 bits per heavy atom. The van der Waals surface area contributed by atoms with E-state index in [1.807, 2.05) is 6.92 Å². The van der Waals surface area contributed by atoms with Crippen LogP contribution in [0, 0.1) is 0 Å². The summed E-state index contributed by atoms with van der Waals surface area (Å²) >= 11 is 0. The van der Waals surface area contributed by atoms with Gasteiger partial charge < -0.3 is 19.9 Å². The van der Waals surface area contributed by atoms with Crippen LogP contribution in [-0.2, 0) is 6.42 Å². The molecule has 0 unspecified atom stereocenters. The van der Waals surface area contributed by atoms with Crippen molar-refractivity contribution < 1.29 is 24.2 Å². The second-order valence-corrected chi connectivity index (χ2v) is 4.65. The molecule has 0 bridgehead atoms. The van der Waals surface area contributed by atoms with Crippen LogP contribution >= 0.6 is 0 Å². The summed E-state index contributed by atoms with van der Waals surface area (Å²) in [7, 11) is 2.79. The van der Waals surface area contributed by atoms with Crippen LogP contribution in [0.3, 0.4) is 0 Å². The molecule has 0 spiro atoms. The van der Waals surface area contributed by atoms with Crippen LogP contribution < -0.4 is 14.8 Å². The van der Waals surface area contributed by atoms with Crippen molar-refractivity contribution in [1.82, 2.24) is 10.2 Å². The molecule has 0 atom stereocenters. The third-order valence-electron chi connectivity index (χ3n) is 3.22. The Hall–Kier alpha value is -3.03. The molecular formula is C15H17N3O5. The fourth-order valence-corrected chi connectivity index (χ4v) is 2.03.